The minimum atomic E-state index is -4.06. The van der Waals surface area contributed by atoms with E-state index in [2.05, 4.69) is 5.16 Å². The van der Waals surface area contributed by atoms with Crippen LogP contribution in [-0.4, -0.2) is 23.6 Å². The first-order valence-electron chi connectivity index (χ1n) is 3.85. The topological polar surface area (TPSA) is 112 Å². The predicted octanol–water partition coefficient (Wildman–Crippen LogP) is 0.391. The van der Waals surface area contributed by atoms with Crippen LogP contribution in [0.4, 0.5) is 0 Å². The van der Waals surface area contributed by atoms with E-state index in [-0.39, 0.29) is 11.2 Å². The Morgan fingerprint density at radius 1 is 1.33 bits per heavy atom. The van der Waals surface area contributed by atoms with Crippen molar-refractivity contribution < 1.29 is 23.0 Å². The van der Waals surface area contributed by atoms with Crippen LogP contribution in [0.5, 0.6) is 0 Å². The smallest absolute Gasteiger partial charge is 0.270 e. The highest BCUT2D eigenvalue weighted by Gasteiger charge is 2.14. The van der Waals surface area contributed by atoms with Crippen LogP contribution in [0, 0.1) is 0 Å². The summed E-state index contributed by atoms with van der Waals surface area (Å²) in [6, 6.07) is 6.86. The van der Waals surface area contributed by atoms with Crippen molar-refractivity contribution in [2.24, 2.45) is 0 Å². The van der Waals surface area contributed by atoms with Crippen LogP contribution in [0.1, 0.15) is 5.69 Å². The molecule has 0 unspecified atom stereocenters. The molecular formula is C8H9NO5S. The van der Waals surface area contributed by atoms with E-state index < -0.39 is 15.9 Å². The summed E-state index contributed by atoms with van der Waals surface area (Å²) in [6.07, 6.45) is 0. The molecule has 0 aliphatic rings. The summed E-state index contributed by atoms with van der Waals surface area (Å²) in [7, 11) is -4.06. The molecule has 1 aromatic carbocycles. The van der Waals surface area contributed by atoms with E-state index in [1.165, 1.54) is 0 Å². The van der Waals surface area contributed by atoms with Crippen molar-refractivity contribution in [1.29, 1.82) is 0 Å². The molecule has 15 heavy (non-hydrogen) atoms. The summed E-state index contributed by atoms with van der Waals surface area (Å²) in [5.41, 5.74) is 0.731. The Morgan fingerprint density at radius 2 is 2.00 bits per heavy atom. The van der Waals surface area contributed by atoms with E-state index in [1.807, 2.05) is 0 Å². The summed E-state index contributed by atoms with van der Waals surface area (Å²) in [6.45, 7) is 0. The summed E-state index contributed by atoms with van der Waals surface area (Å²) in [5, 5.41) is 4.17. The van der Waals surface area contributed by atoms with E-state index in [9.17, 15) is 8.42 Å². The minimum Gasteiger partial charge on any atom is -0.412 e. The van der Waals surface area contributed by atoms with E-state index in [0.29, 0.717) is 11.0 Å². The first-order valence-corrected chi connectivity index (χ1v) is 5.45. The van der Waals surface area contributed by atoms with Crippen molar-refractivity contribution in [2.45, 2.75) is 5.75 Å². The monoisotopic (exact) mass is 231 g/mol. The number of rotatable bonds is 2. The lowest BCUT2D eigenvalue weighted by Gasteiger charge is -1.91. The first-order chi connectivity index (χ1) is 6.56. The van der Waals surface area contributed by atoms with Crippen LogP contribution in [-0.2, 0) is 15.9 Å². The number of para-hydroxylation sites is 1. The third kappa shape index (κ3) is 2.52. The van der Waals surface area contributed by atoms with Gasteiger partial charge in [-0.2, -0.15) is 8.42 Å². The van der Waals surface area contributed by atoms with Crippen molar-refractivity contribution >= 4 is 21.1 Å². The highest BCUT2D eigenvalue weighted by atomic mass is 32.2. The van der Waals surface area contributed by atoms with E-state index in [1.54, 1.807) is 24.3 Å². The molecule has 0 aliphatic heterocycles. The minimum absolute atomic E-state index is 0. The zero-order valence-electron chi connectivity index (χ0n) is 7.54. The van der Waals surface area contributed by atoms with Gasteiger partial charge in [-0.05, 0) is 12.1 Å². The van der Waals surface area contributed by atoms with Gasteiger partial charge in [-0.25, -0.2) is 0 Å². The number of hydrogen-bond acceptors (Lipinski definition) is 4. The molecule has 2 rings (SSSR count). The van der Waals surface area contributed by atoms with Crippen LogP contribution in [0.15, 0.2) is 28.8 Å². The van der Waals surface area contributed by atoms with Crippen LogP contribution in [0.2, 0.25) is 0 Å². The van der Waals surface area contributed by atoms with Gasteiger partial charge in [-0.3, -0.25) is 4.55 Å². The maximum atomic E-state index is 10.6. The fourth-order valence-corrected chi connectivity index (χ4v) is 1.77. The molecule has 0 atom stereocenters. The maximum absolute atomic E-state index is 10.6. The Labute approximate surface area is 85.6 Å². The molecule has 82 valence electrons. The van der Waals surface area contributed by atoms with Crippen molar-refractivity contribution in [3.8, 4) is 0 Å². The zero-order chi connectivity index (χ0) is 10.2. The number of fused-ring (bicyclic) bond motifs is 1. The Hall–Kier alpha value is -1.44. The van der Waals surface area contributed by atoms with Crippen molar-refractivity contribution in [2.75, 3.05) is 0 Å². The van der Waals surface area contributed by atoms with E-state index >= 15 is 0 Å². The fraction of sp³-hybridized carbons (Fsp3) is 0.125. The van der Waals surface area contributed by atoms with E-state index in [4.69, 9.17) is 9.08 Å². The summed E-state index contributed by atoms with van der Waals surface area (Å²) < 4.78 is 34.7. The van der Waals surface area contributed by atoms with Gasteiger partial charge in [0.1, 0.15) is 11.4 Å². The number of hydrogen-bond donors (Lipinski definition) is 1. The molecule has 0 radical (unpaired) electrons. The lowest BCUT2D eigenvalue weighted by molar-refractivity contribution is 0.443. The molecule has 7 heteroatoms. The summed E-state index contributed by atoms with van der Waals surface area (Å²) in [5.74, 6) is -0.524. The molecule has 0 fully saturated rings. The van der Waals surface area contributed by atoms with Gasteiger partial charge in [0, 0.05) is 5.39 Å². The Kier molecular flexibility index (Phi) is 3.08. The SMILES string of the molecule is O.O=S(=O)(O)Cc1noc2ccccc12. The molecule has 6 nitrogen and oxygen atoms in total. The molecule has 0 spiro atoms. The molecule has 0 saturated carbocycles. The van der Waals surface area contributed by atoms with Crippen molar-refractivity contribution in [3.05, 3.63) is 30.0 Å². The maximum Gasteiger partial charge on any atom is 0.270 e. The second-order valence-electron chi connectivity index (χ2n) is 2.85. The first kappa shape index (κ1) is 11.6. The second-order valence-corrected chi connectivity index (χ2v) is 4.30. The zero-order valence-corrected chi connectivity index (χ0v) is 8.36. The quantitative estimate of drug-likeness (QED) is 0.751. The predicted molar refractivity (Wildman–Crippen MR) is 52.9 cm³/mol. The molecule has 0 saturated heterocycles. The summed E-state index contributed by atoms with van der Waals surface area (Å²) in [4.78, 5) is 0. The van der Waals surface area contributed by atoms with Gasteiger partial charge in [0.15, 0.2) is 5.58 Å². The number of nitrogens with zero attached hydrogens (tertiary/aromatic N) is 1. The van der Waals surface area contributed by atoms with Gasteiger partial charge in [0.2, 0.25) is 0 Å². The van der Waals surface area contributed by atoms with Gasteiger partial charge in [-0.15, -0.1) is 0 Å². The Morgan fingerprint density at radius 3 is 2.67 bits per heavy atom. The number of aromatic nitrogens is 1. The van der Waals surface area contributed by atoms with Crippen LogP contribution >= 0.6 is 0 Å². The van der Waals surface area contributed by atoms with Gasteiger partial charge < -0.3 is 10.00 Å². The second kappa shape index (κ2) is 3.97. The lowest BCUT2D eigenvalue weighted by atomic mass is 10.2. The third-order valence-electron chi connectivity index (χ3n) is 1.77. The highest BCUT2D eigenvalue weighted by molar-refractivity contribution is 7.85. The lowest BCUT2D eigenvalue weighted by Crippen LogP contribution is -2.01. The molecule has 0 amide bonds. The van der Waals surface area contributed by atoms with Crippen LogP contribution in [0.25, 0.3) is 11.0 Å². The van der Waals surface area contributed by atoms with Gasteiger partial charge in [0.25, 0.3) is 10.1 Å². The van der Waals surface area contributed by atoms with E-state index in [0.717, 1.165) is 0 Å². The average molecular weight is 231 g/mol. The largest absolute Gasteiger partial charge is 0.412 e. The molecule has 1 heterocycles. The van der Waals surface area contributed by atoms with Gasteiger partial charge >= 0.3 is 0 Å². The molecule has 2 aromatic rings. The Bertz CT molecular complexity index is 559. The van der Waals surface area contributed by atoms with Crippen LogP contribution in [0.3, 0.4) is 0 Å². The normalized spacial score (nSPS) is 11.3. The number of benzene rings is 1. The van der Waals surface area contributed by atoms with Crippen molar-refractivity contribution in [1.82, 2.24) is 5.16 Å². The molecule has 0 bridgehead atoms. The molecule has 0 aliphatic carbocycles. The standard InChI is InChI=1S/C8H7NO4S.H2O/c10-14(11,12)5-7-6-3-1-2-4-8(6)13-9-7;/h1-4H,5H2,(H,10,11,12);1H2. The molecule has 3 N–H and O–H groups in total. The average Bonchev–Trinajstić information content (AvgIpc) is 2.47. The van der Waals surface area contributed by atoms with Crippen molar-refractivity contribution in [3.63, 3.8) is 0 Å². The van der Waals surface area contributed by atoms with Gasteiger partial charge in [0.05, 0.1) is 0 Å². The Balaban J connectivity index is 0.00000112. The van der Waals surface area contributed by atoms with Crippen LogP contribution < -0.4 is 0 Å². The van der Waals surface area contributed by atoms with Gasteiger partial charge in [-0.1, -0.05) is 17.3 Å². The third-order valence-corrected chi connectivity index (χ3v) is 2.41. The molecule has 1 aromatic heterocycles. The summed E-state index contributed by atoms with van der Waals surface area (Å²) >= 11 is 0. The molecular weight excluding hydrogens is 222 g/mol. The highest BCUT2D eigenvalue weighted by Crippen LogP contribution is 2.18. The fourth-order valence-electron chi connectivity index (χ4n) is 1.21.